The Kier molecular flexibility index (Phi) is 5.65. The summed E-state index contributed by atoms with van der Waals surface area (Å²) in [7, 11) is 0. The zero-order valence-corrected chi connectivity index (χ0v) is 9.58. The van der Waals surface area contributed by atoms with Crippen LogP contribution in [0, 0.1) is 5.92 Å². The minimum atomic E-state index is 0.201. The Morgan fingerprint density at radius 1 is 1.47 bits per heavy atom. The van der Waals surface area contributed by atoms with Crippen molar-refractivity contribution in [2.24, 2.45) is 11.7 Å². The van der Waals surface area contributed by atoms with Crippen LogP contribution < -0.4 is 5.73 Å². The number of carbonyl (C=O) groups is 1. The summed E-state index contributed by atoms with van der Waals surface area (Å²) in [5, 5.41) is 0. The first-order valence-corrected chi connectivity index (χ1v) is 5.83. The number of hydrogen-bond acceptors (Lipinski definition) is 3. The van der Waals surface area contributed by atoms with Gasteiger partial charge in [-0.05, 0) is 25.7 Å². The lowest BCUT2D eigenvalue weighted by atomic mass is 9.97. The predicted molar refractivity (Wildman–Crippen MR) is 59.5 cm³/mol. The molecule has 0 aromatic heterocycles. The second-order valence-electron chi connectivity index (χ2n) is 4.02. The number of ether oxygens (including phenoxy) is 1. The SMILES string of the molecule is CCOCC1CCN(C(=O)CCN)CC1. The van der Waals surface area contributed by atoms with Crippen LogP contribution in [0.2, 0.25) is 0 Å². The summed E-state index contributed by atoms with van der Waals surface area (Å²) >= 11 is 0. The number of nitrogens with zero attached hydrogens (tertiary/aromatic N) is 1. The summed E-state index contributed by atoms with van der Waals surface area (Å²) < 4.78 is 5.39. The fourth-order valence-electron chi connectivity index (χ4n) is 1.92. The molecule has 1 fully saturated rings. The van der Waals surface area contributed by atoms with Crippen molar-refractivity contribution in [2.75, 3.05) is 32.8 Å². The molecule has 1 amide bonds. The van der Waals surface area contributed by atoms with Crippen molar-refractivity contribution < 1.29 is 9.53 Å². The highest BCUT2D eigenvalue weighted by atomic mass is 16.5. The summed E-state index contributed by atoms with van der Waals surface area (Å²) in [6.45, 7) is 5.84. The second kappa shape index (κ2) is 6.80. The van der Waals surface area contributed by atoms with Crippen LogP contribution in [0.1, 0.15) is 26.2 Å². The maximum atomic E-state index is 11.5. The summed E-state index contributed by atoms with van der Waals surface area (Å²) in [5.41, 5.74) is 5.36. The van der Waals surface area contributed by atoms with Gasteiger partial charge in [-0.2, -0.15) is 0 Å². The average Bonchev–Trinajstić information content (AvgIpc) is 2.27. The Balaban J connectivity index is 2.20. The third-order valence-electron chi connectivity index (χ3n) is 2.88. The van der Waals surface area contributed by atoms with Gasteiger partial charge in [0, 0.05) is 39.3 Å². The van der Waals surface area contributed by atoms with Crippen molar-refractivity contribution >= 4 is 5.91 Å². The number of piperidine rings is 1. The van der Waals surface area contributed by atoms with Crippen LogP contribution in [-0.4, -0.2) is 43.7 Å². The van der Waals surface area contributed by atoms with E-state index in [0.29, 0.717) is 18.9 Å². The maximum Gasteiger partial charge on any atom is 0.223 e. The quantitative estimate of drug-likeness (QED) is 0.729. The van der Waals surface area contributed by atoms with Crippen molar-refractivity contribution in [1.29, 1.82) is 0 Å². The molecule has 0 aliphatic carbocycles. The lowest BCUT2D eigenvalue weighted by Gasteiger charge is -2.31. The lowest BCUT2D eigenvalue weighted by molar-refractivity contribution is -0.132. The van der Waals surface area contributed by atoms with E-state index in [0.717, 1.165) is 39.1 Å². The van der Waals surface area contributed by atoms with E-state index >= 15 is 0 Å². The molecule has 0 atom stereocenters. The number of nitrogens with two attached hydrogens (primary N) is 1. The number of amides is 1. The molecule has 0 spiro atoms. The Labute approximate surface area is 91.8 Å². The van der Waals surface area contributed by atoms with Gasteiger partial charge in [0.25, 0.3) is 0 Å². The van der Waals surface area contributed by atoms with E-state index in [1.165, 1.54) is 0 Å². The molecule has 4 heteroatoms. The minimum Gasteiger partial charge on any atom is -0.381 e. The molecule has 15 heavy (non-hydrogen) atoms. The fraction of sp³-hybridized carbons (Fsp3) is 0.909. The standard InChI is InChI=1S/C11H22N2O2/c1-2-15-9-10-4-7-13(8-5-10)11(14)3-6-12/h10H,2-9,12H2,1H3. The molecular weight excluding hydrogens is 192 g/mol. The maximum absolute atomic E-state index is 11.5. The molecule has 88 valence electrons. The van der Waals surface area contributed by atoms with Gasteiger partial charge in [-0.3, -0.25) is 4.79 Å². The van der Waals surface area contributed by atoms with Gasteiger partial charge in [0.2, 0.25) is 5.91 Å². The third-order valence-corrected chi connectivity index (χ3v) is 2.88. The van der Waals surface area contributed by atoms with Crippen molar-refractivity contribution in [3.05, 3.63) is 0 Å². The molecular formula is C11H22N2O2. The normalized spacial score (nSPS) is 18.1. The largest absolute Gasteiger partial charge is 0.381 e. The highest BCUT2D eigenvalue weighted by Crippen LogP contribution is 2.17. The zero-order chi connectivity index (χ0) is 11.1. The van der Waals surface area contributed by atoms with Crippen LogP contribution in [0.25, 0.3) is 0 Å². The van der Waals surface area contributed by atoms with E-state index in [4.69, 9.17) is 10.5 Å². The Hall–Kier alpha value is -0.610. The van der Waals surface area contributed by atoms with Gasteiger partial charge >= 0.3 is 0 Å². The molecule has 4 nitrogen and oxygen atoms in total. The van der Waals surface area contributed by atoms with Crippen LogP contribution in [-0.2, 0) is 9.53 Å². The van der Waals surface area contributed by atoms with Crippen LogP contribution in [0.15, 0.2) is 0 Å². The van der Waals surface area contributed by atoms with E-state index in [9.17, 15) is 4.79 Å². The Morgan fingerprint density at radius 2 is 2.13 bits per heavy atom. The molecule has 0 unspecified atom stereocenters. The van der Waals surface area contributed by atoms with E-state index in [1.807, 2.05) is 11.8 Å². The Morgan fingerprint density at radius 3 is 2.67 bits per heavy atom. The predicted octanol–water partition coefficient (Wildman–Crippen LogP) is 0.610. The van der Waals surface area contributed by atoms with Crippen molar-refractivity contribution in [2.45, 2.75) is 26.2 Å². The van der Waals surface area contributed by atoms with E-state index in [1.54, 1.807) is 0 Å². The highest BCUT2D eigenvalue weighted by Gasteiger charge is 2.21. The molecule has 1 aliphatic heterocycles. The number of hydrogen-bond donors (Lipinski definition) is 1. The fourth-order valence-corrected chi connectivity index (χ4v) is 1.92. The average molecular weight is 214 g/mol. The van der Waals surface area contributed by atoms with Gasteiger partial charge in [0.05, 0.1) is 0 Å². The van der Waals surface area contributed by atoms with Crippen molar-refractivity contribution in [3.8, 4) is 0 Å². The number of rotatable bonds is 5. The topological polar surface area (TPSA) is 55.6 Å². The third kappa shape index (κ3) is 4.18. The van der Waals surface area contributed by atoms with E-state index in [-0.39, 0.29) is 5.91 Å². The van der Waals surface area contributed by atoms with Gasteiger partial charge in [-0.15, -0.1) is 0 Å². The summed E-state index contributed by atoms with van der Waals surface area (Å²) in [6, 6.07) is 0. The lowest BCUT2D eigenvalue weighted by Crippen LogP contribution is -2.40. The van der Waals surface area contributed by atoms with Crippen LogP contribution >= 0.6 is 0 Å². The van der Waals surface area contributed by atoms with Crippen LogP contribution in [0.4, 0.5) is 0 Å². The van der Waals surface area contributed by atoms with Gasteiger partial charge in [-0.25, -0.2) is 0 Å². The first kappa shape index (κ1) is 12.5. The molecule has 0 saturated carbocycles. The molecule has 0 radical (unpaired) electrons. The highest BCUT2D eigenvalue weighted by molar-refractivity contribution is 5.76. The molecule has 1 rings (SSSR count). The molecule has 0 aromatic rings. The molecule has 2 N–H and O–H groups in total. The Bertz CT molecular complexity index is 189. The first-order valence-electron chi connectivity index (χ1n) is 5.83. The number of likely N-dealkylation sites (tertiary alicyclic amines) is 1. The summed E-state index contributed by atoms with van der Waals surface area (Å²) in [4.78, 5) is 13.5. The second-order valence-corrected chi connectivity index (χ2v) is 4.02. The van der Waals surface area contributed by atoms with Gasteiger partial charge in [-0.1, -0.05) is 0 Å². The number of carbonyl (C=O) groups excluding carboxylic acids is 1. The summed E-state index contributed by atoms with van der Waals surface area (Å²) in [5.74, 6) is 0.833. The molecule has 1 saturated heterocycles. The van der Waals surface area contributed by atoms with Crippen molar-refractivity contribution in [1.82, 2.24) is 4.90 Å². The van der Waals surface area contributed by atoms with E-state index in [2.05, 4.69) is 0 Å². The minimum absolute atomic E-state index is 0.201. The monoisotopic (exact) mass is 214 g/mol. The molecule has 1 aliphatic rings. The van der Waals surface area contributed by atoms with E-state index < -0.39 is 0 Å². The molecule has 0 bridgehead atoms. The van der Waals surface area contributed by atoms with Crippen molar-refractivity contribution in [3.63, 3.8) is 0 Å². The summed E-state index contributed by atoms with van der Waals surface area (Å²) in [6.07, 6.45) is 2.61. The first-order chi connectivity index (χ1) is 7.27. The zero-order valence-electron chi connectivity index (χ0n) is 9.58. The van der Waals surface area contributed by atoms with Crippen LogP contribution in [0.3, 0.4) is 0 Å². The van der Waals surface area contributed by atoms with Gasteiger partial charge in [0.1, 0.15) is 0 Å². The van der Waals surface area contributed by atoms with Crippen LogP contribution in [0.5, 0.6) is 0 Å². The van der Waals surface area contributed by atoms with Gasteiger partial charge in [0.15, 0.2) is 0 Å². The van der Waals surface area contributed by atoms with Gasteiger partial charge < -0.3 is 15.4 Å². The molecule has 1 heterocycles. The smallest absolute Gasteiger partial charge is 0.223 e. The molecule has 0 aromatic carbocycles.